The van der Waals surface area contributed by atoms with E-state index in [9.17, 15) is 9.59 Å². The molecule has 158 valence electrons. The number of rotatable bonds is 5. The van der Waals surface area contributed by atoms with Gasteiger partial charge in [0.05, 0.1) is 11.7 Å². The standard InChI is InChI=1S/C23H29N5O2/c1-2-16-7-3-4-8-18(16)25-22(29)17-10-13-28(14-11-17)23(30)21-15-20(26-27-21)19-9-5-6-12-24-19/h3-9,12,17,20-21,26-27H,2,10-11,13-15H2,1H3,(H,25,29). The Balaban J connectivity index is 1.28. The molecule has 2 aliphatic heterocycles. The van der Waals surface area contributed by atoms with Crippen molar-refractivity contribution in [3.8, 4) is 0 Å². The highest BCUT2D eigenvalue weighted by Crippen LogP contribution is 2.25. The van der Waals surface area contributed by atoms with Crippen molar-refractivity contribution < 1.29 is 9.59 Å². The molecule has 7 heteroatoms. The topological polar surface area (TPSA) is 86.4 Å². The van der Waals surface area contributed by atoms with E-state index >= 15 is 0 Å². The Hall–Kier alpha value is -2.77. The maximum Gasteiger partial charge on any atom is 0.241 e. The van der Waals surface area contributed by atoms with E-state index in [0.29, 0.717) is 32.4 Å². The molecule has 3 N–H and O–H groups in total. The van der Waals surface area contributed by atoms with Crippen molar-refractivity contribution in [3.05, 3.63) is 59.9 Å². The van der Waals surface area contributed by atoms with Crippen molar-refractivity contribution in [2.45, 2.75) is 44.7 Å². The van der Waals surface area contributed by atoms with Crippen LogP contribution >= 0.6 is 0 Å². The summed E-state index contributed by atoms with van der Waals surface area (Å²) >= 11 is 0. The second kappa shape index (κ2) is 9.36. The van der Waals surface area contributed by atoms with Gasteiger partial charge in [0.2, 0.25) is 11.8 Å². The lowest BCUT2D eigenvalue weighted by atomic mass is 9.94. The molecule has 2 saturated heterocycles. The smallest absolute Gasteiger partial charge is 0.241 e. The first-order valence-electron chi connectivity index (χ1n) is 10.7. The molecule has 0 saturated carbocycles. The number of carbonyl (C=O) groups excluding carboxylic acids is 2. The van der Waals surface area contributed by atoms with Crippen LogP contribution in [0.15, 0.2) is 48.7 Å². The molecular formula is C23H29N5O2. The number of hydrogen-bond donors (Lipinski definition) is 3. The number of pyridine rings is 1. The van der Waals surface area contributed by atoms with Gasteiger partial charge in [-0.05, 0) is 49.4 Å². The van der Waals surface area contributed by atoms with Crippen LogP contribution in [0.4, 0.5) is 5.69 Å². The van der Waals surface area contributed by atoms with E-state index < -0.39 is 0 Å². The van der Waals surface area contributed by atoms with Crippen LogP contribution in [-0.4, -0.2) is 40.8 Å². The van der Waals surface area contributed by atoms with Gasteiger partial charge in [0.1, 0.15) is 6.04 Å². The molecule has 0 radical (unpaired) electrons. The monoisotopic (exact) mass is 407 g/mol. The number of nitrogens with one attached hydrogen (secondary N) is 3. The number of nitrogens with zero attached hydrogens (tertiary/aromatic N) is 2. The number of anilines is 1. The molecule has 1 aromatic carbocycles. The van der Waals surface area contributed by atoms with Gasteiger partial charge in [-0.3, -0.25) is 14.6 Å². The Bertz CT molecular complexity index is 880. The van der Waals surface area contributed by atoms with Crippen LogP contribution in [0.3, 0.4) is 0 Å². The molecule has 2 fully saturated rings. The van der Waals surface area contributed by atoms with Gasteiger partial charge in [0.25, 0.3) is 0 Å². The number of carbonyl (C=O) groups is 2. The minimum Gasteiger partial charge on any atom is -0.341 e. The Morgan fingerprint density at radius 2 is 1.87 bits per heavy atom. The third-order valence-electron chi connectivity index (χ3n) is 6.08. The number of piperidine rings is 1. The molecule has 2 aromatic rings. The molecule has 2 atom stereocenters. The normalized spacial score (nSPS) is 22.1. The molecule has 2 amide bonds. The van der Waals surface area contributed by atoms with Crippen LogP contribution in [0.1, 0.15) is 43.5 Å². The third-order valence-corrected chi connectivity index (χ3v) is 6.08. The maximum atomic E-state index is 12.9. The van der Waals surface area contributed by atoms with Crippen LogP contribution in [0.25, 0.3) is 0 Å². The van der Waals surface area contributed by atoms with Crippen LogP contribution < -0.4 is 16.2 Å². The molecular weight excluding hydrogens is 378 g/mol. The average Bonchev–Trinajstić information content (AvgIpc) is 3.30. The highest BCUT2D eigenvalue weighted by atomic mass is 16.2. The van der Waals surface area contributed by atoms with Crippen molar-refractivity contribution in [2.75, 3.05) is 18.4 Å². The van der Waals surface area contributed by atoms with Crippen LogP contribution in [0.5, 0.6) is 0 Å². The minimum atomic E-state index is -0.265. The number of para-hydroxylation sites is 1. The zero-order valence-corrected chi connectivity index (χ0v) is 17.3. The van der Waals surface area contributed by atoms with Gasteiger partial charge in [-0.2, -0.15) is 0 Å². The number of benzene rings is 1. The van der Waals surface area contributed by atoms with Crippen molar-refractivity contribution in [1.29, 1.82) is 0 Å². The Morgan fingerprint density at radius 3 is 2.60 bits per heavy atom. The first-order valence-corrected chi connectivity index (χ1v) is 10.7. The highest BCUT2D eigenvalue weighted by molar-refractivity contribution is 5.93. The third kappa shape index (κ3) is 4.52. The Labute approximate surface area is 177 Å². The summed E-state index contributed by atoms with van der Waals surface area (Å²) < 4.78 is 0. The van der Waals surface area contributed by atoms with Crippen LogP contribution in [-0.2, 0) is 16.0 Å². The maximum absolute atomic E-state index is 12.9. The van der Waals surface area contributed by atoms with Gasteiger partial charge < -0.3 is 10.2 Å². The first-order chi connectivity index (χ1) is 14.7. The number of amides is 2. The predicted octanol–water partition coefficient (Wildman–Crippen LogP) is 2.43. The summed E-state index contributed by atoms with van der Waals surface area (Å²) in [5, 5.41) is 3.08. The van der Waals surface area contributed by atoms with E-state index in [1.54, 1.807) is 6.20 Å². The molecule has 3 heterocycles. The number of likely N-dealkylation sites (tertiary alicyclic amines) is 1. The zero-order chi connectivity index (χ0) is 20.9. The highest BCUT2D eigenvalue weighted by Gasteiger charge is 2.35. The Morgan fingerprint density at radius 1 is 1.10 bits per heavy atom. The number of aryl methyl sites for hydroxylation is 1. The van der Waals surface area contributed by atoms with E-state index in [2.05, 4.69) is 28.1 Å². The van der Waals surface area contributed by atoms with Gasteiger partial charge in [0, 0.05) is 30.9 Å². The van der Waals surface area contributed by atoms with Gasteiger partial charge in [-0.25, -0.2) is 10.9 Å². The van der Waals surface area contributed by atoms with Crippen LogP contribution in [0.2, 0.25) is 0 Å². The fourth-order valence-corrected chi connectivity index (χ4v) is 4.26. The largest absolute Gasteiger partial charge is 0.341 e. The molecule has 0 bridgehead atoms. The lowest BCUT2D eigenvalue weighted by Gasteiger charge is -2.33. The SMILES string of the molecule is CCc1ccccc1NC(=O)C1CCN(C(=O)C2CC(c3ccccn3)NN2)CC1. The summed E-state index contributed by atoms with van der Waals surface area (Å²) in [6.07, 6.45) is 4.70. The van der Waals surface area contributed by atoms with Crippen LogP contribution in [0, 0.1) is 5.92 Å². The molecule has 2 aliphatic rings. The van der Waals surface area contributed by atoms with Gasteiger partial charge >= 0.3 is 0 Å². The van der Waals surface area contributed by atoms with E-state index in [4.69, 9.17) is 0 Å². The summed E-state index contributed by atoms with van der Waals surface area (Å²) in [4.78, 5) is 31.9. The second-order valence-electron chi connectivity index (χ2n) is 7.98. The fourth-order valence-electron chi connectivity index (χ4n) is 4.26. The van der Waals surface area contributed by atoms with E-state index in [1.807, 2.05) is 47.4 Å². The van der Waals surface area contributed by atoms with Crippen molar-refractivity contribution >= 4 is 17.5 Å². The predicted molar refractivity (Wildman–Crippen MR) is 115 cm³/mol. The molecule has 2 unspecified atom stereocenters. The summed E-state index contributed by atoms with van der Waals surface area (Å²) in [6.45, 7) is 3.30. The fraction of sp³-hybridized carbons (Fsp3) is 0.435. The molecule has 0 spiro atoms. The summed E-state index contributed by atoms with van der Waals surface area (Å²) in [5.41, 5.74) is 9.27. The Kier molecular flexibility index (Phi) is 6.40. The van der Waals surface area contributed by atoms with Crippen molar-refractivity contribution in [1.82, 2.24) is 20.7 Å². The van der Waals surface area contributed by atoms with Crippen molar-refractivity contribution in [3.63, 3.8) is 0 Å². The zero-order valence-electron chi connectivity index (χ0n) is 17.3. The van der Waals surface area contributed by atoms with E-state index in [1.165, 1.54) is 0 Å². The molecule has 4 rings (SSSR count). The van der Waals surface area contributed by atoms with Crippen molar-refractivity contribution in [2.24, 2.45) is 5.92 Å². The second-order valence-corrected chi connectivity index (χ2v) is 7.98. The van der Waals surface area contributed by atoms with Gasteiger partial charge in [-0.1, -0.05) is 31.2 Å². The van der Waals surface area contributed by atoms with Gasteiger partial charge in [0.15, 0.2) is 0 Å². The molecule has 30 heavy (non-hydrogen) atoms. The number of hydrazine groups is 1. The molecule has 0 aliphatic carbocycles. The van der Waals surface area contributed by atoms with Gasteiger partial charge in [-0.15, -0.1) is 0 Å². The summed E-state index contributed by atoms with van der Waals surface area (Å²) in [6, 6.07) is 13.5. The van der Waals surface area contributed by atoms with E-state index in [-0.39, 0.29) is 29.8 Å². The number of aromatic nitrogens is 1. The first kappa shape index (κ1) is 20.5. The quantitative estimate of drug-likeness (QED) is 0.709. The summed E-state index contributed by atoms with van der Waals surface area (Å²) in [7, 11) is 0. The lowest BCUT2D eigenvalue weighted by Crippen LogP contribution is -2.49. The van der Waals surface area contributed by atoms with E-state index in [0.717, 1.165) is 23.4 Å². The molecule has 7 nitrogen and oxygen atoms in total. The lowest BCUT2D eigenvalue weighted by molar-refractivity contribution is -0.136. The molecule has 1 aromatic heterocycles. The summed E-state index contributed by atoms with van der Waals surface area (Å²) in [5.74, 6) is 0.0879. The minimum absolute atomic E-state index is 0.0297. The number of hydrogen-bond acceptors (Lipinski definition) is 5. The average molecular weight is 408 g/mol.